The second-order valence-corrected chi connectivity index (χ2v) is 6.49. The first-order chi connectivity index (χ1) is 10.5. The fourth-order valence-electron chi connectivity index (χ4n) is 1.67. The van der Waals surface area contributed by atoms with E-state index in [9.17, 15) is 9.18 Å². The van der Waals surface area contributed by atoms with E-state index in [0.717, 1.165) is 11.3 Å². The monoisotopic (exact) mass is 338 g/mol. The smallest absolute Gasteiger partial charge is 0.313 e. The number of carboxylic acid groups (broad SMARTS) is 1. The van der Waals surface area contributed by atoms with Gasteiger partial charge in [-0.3, -0.25) is 4.79 Å². The van der Waals surface area contributed by atoms with Gasteiger partial charge in [0.2, 0.25) is 0 Å². The van der Waals surface area contributed by atoms with E-state index in [4.69, 9.17) is 5.11 Å². The van der Waals surface area contributed by atoms with Crippen LogP contribution in [0, 0.1) is 19.7 Å². The zero-order chi connectivity index (χ0) is 16.1. The number of aromatic nitrogens is 2. The Bertz CT molecular complexity index is 695. The number of aliphatic carboxylic acids is 1. The van der Waals surface area contributed by atoms with Gasteiger partial charge in [-0.1, -0.05) is 41.7 Å². The predicted octanol–water partition coefficient (Wildman–Crippen LogP) is 3.70. The van der Waals surface area contributed by atoms with Gasteiger partial charge in [0.25, 0.3) is 0 Å². The summed E-state index contributed by atoms with van der Waals surface area (Å²) in [5, 5.41) is 9.96. The van der Waals surface area contributed by atoms with Crippen LogP contribution in [-0.2, 0) is 10.5 Å². The Balaban J connectivity index is 2.14. The number of aryl methyl sites for hydroxylation is 1. The van der Waals surface area contributed by atoms with Crippen LogP contribution in [-0.4, -0.2) is 26.8 Å². The molecule has 0 fully saturated rings. The van der Waals surface area contributed by atoms with Gasteiger partial charge < -0.3 is 5.11 Å². The summed E-state index contributed by atoms with van der Waals surface area (Å²) in [7, 11) is 0. The third-order valence-electron chi connectivity index (χ3n) is 2.97. The Kier molecular flexibility index (Phi) is 5.79. The molecule has 4 nitrogen and oxygen atoms in total. The van der Waals surface area contributed by atoms with Crippen LogP contribution in [0.4, 0.5) is 4.39 Å². The highest BCUT2D eigenvalue weighted by atomic mass is 32.2. The SMILES string of the molecule is Cc1nc(SCc2ccccc2F)nc(SCC(=O)O)c1C. The molecule has 0 bridgehead atoms. The van der Waals surface area contributed by atoms with Gasteiger partial charge in [-0.2, -0.15) is 0 Å². The molecule has 2 aromatic rings. The van der Waals surface area contributed by atoms with Crippen LogP contribution in [0.15, 0.2) is 34.4 Å². The van der Waals surface area contributed by atoms with Crippen LogP contribution >= 0.6 is 23.5 Å². The highest BCUT2D eigenvalue weighted by molar-refractivity contribution is 8.00. The third kappa shape index (κ3) is 4.45. The van der Waals surface area contributed by atoms with E-state index in [1.165, 1.54) is 29.6 Å². The molecule has 0 saturated carbocycles. The molecule has 116 valence electrons. The van der Waals surface area contributed by atoms with E-state index in [2.05, 4.69) is 9.97 Å². The second kappa shape index (κ2) is 7.60. The number of benzene rings is 1. The van der Waals surface area contributed by atoms with Gasteiger partial charge in [0, 0.05) is 17.0 Å². The van der Waals surface area contributed by atoms with Crippen LogP contribution in [0.5, 0.6) is 0 Å². The maximum absolute atomic E-state index is 13.6. The van der Waals surface area contributed by atoms with Gasteiger partial charge in [-0.05, 0) is 25.5 Å². The molecule has 0 unspecified atom stereocenters. The highest BCUT2D eigenvalue weighted by Gasteiger charge is 2.11. The minimum absolute atomic E-state index is 0.0469. The summed E-state index contributed by atoms with van der Waals surface area (Å²) < 4.78 is 13.6. The van der Waals surface area contributed by atoms with Crippen molar-refractivity contribution in [2.24, 2.45) is 0 Å². The largest absolute Gasteiger partial charge is 0.481 e. The molecule has 1 heterocycles. The molecule has 0 aliphatic rings. The number of rotatable bonds is 6. The lowest BCUT2D eigenvalue weighted by Crippen LogP contribution is -2.02. The normalized spacial score (nSPS) is 10.7. The molecule has 0 spiro atoms. The molecule has 1 N–H and O–H groups in total. The molecule has 0 radical (unpaired) electrons. The zero-order valence-electron chi connectivity index (χ0n) is 12.2. The number of hydrogen-bond acceptors (Lipinski definition) is 5. The van der Waals surface area contributed by atoms with Crippen molar-refractivity contribution in [1.29, 1.82) is 0 Å². The van der Waals surface area contributed by atoms with Gasteiger partial charge in [0.1, 0.15) is 10.8 Å². The van der Waals surface area contributed by atoms with Crippen molar-refractivity contribution in [3.05, 3.63) is 46.9 Å². The maximum Gasteiger partial charge on any atom is 0.313 e. The molecule has 1 aromatic heterocycles. The van der Waals surface area contributed by atoms with Crippen LogP contribution in [0.3, 0.4) is 0 Å². The van der Waals surface area contributed by atoms with Gasteiger partial charge >= 0.3 is 5.97 Å². The van der Waals surface area contributed by atoms with E-state index in [1.54, 1.807) is 18.2 Å². The van der Waals surface area contributed by atoms with Gasteiger partial charge in [0.15, 0.2) is 5.16 Å². The molecular weight excluding hydrogens is 323 g/mol. The summed E-state index contributed by atoms with van der Waals surface area (Å²) in [6.45, 7) is 3.72. The number of nitrogens with zero attached hydrogens (tertiary/aromatic N) is 2. The summed E-state index contributed by atoms with van der Waals surface area (Å²) in [6, 6.07) is 6.58. The summed E-state index contributed by atoms with van der Waals surface area (Å²) in [4.78, 5) is 19.4. The first kappa shape index (κ1) is 16.8. The average molecular weight is 338 g/mol. The number of carbonyl (C=O) groups is 1. The minimum Gasteiger partial charge on any atom is -0.481 e. The Labute approximate surface area is 136 Å². The van der Waals surface area contributed by atoms with Crippen LogP contribution in [0.1, 0.15) is 16.8 Å². The first-order valence-electron chi connectivity index (χ1n) is 6.53. The van der Waals surface area contributed by atoms with Crippen molar-refractivity contribution >= 4 is 29.5 Å². The zero-order valence-corrected chi connectivity index (χ0v) is 13.8. The van der Waals surface area contributed by atoms with Gasteiger partial charge in [-0.15, -0.1) is 0 Å². The highest BCUT2D eigenvalue weighted by Crippen LogP contribution is 2.27. The summed E-state index contributed by atoms with van der Waals surface area (Å²) in [5.74, 6) is -0.757. The predicted molar refractivity (Wildman–Crippen MR) is 85.8 cm³/mol. The maximum atomic E-state index is 13.6. The van der Waals surface area contributed by atoms with E-state index in [0.29, 0.717) is 21.5 Å². The van der Waals surface area contributed by atoms with Gasteiger partial charge in [0.05, 0.1) is 5.75 Å². The summed E-state index contributed by atoms with van der Waals surface area (Å²) in [5.41, 5.74) is 2.27. The molecule has 0 aliphatic carbocycles. The average Bonchev–Trinajstić information content (AvgIpc) is 2.48. The number of halogens is 1. The Morgan fingerprint density at radius 2 is 1.95 bits per heavy atom. The molecule has 0 aliphatic heterocycles. The molecule has 0 saturated heterocycles. The fourth-order valence-corrected chi connectivity index (χ4v) is 3.38. The van der Waals surface area contributed by atoms with Crippen molar-refractivity contribution in [1.82, 2.24) is 9.97 Å². The van der Waals surface area contributed by atoms with Crippen LogP contribution in [0.25, 0.3) is 0 Å². The van der Waals surface area contributed by atoms with Gasteiger partial charge in [-0.25, -0.2) is 14.4 Å². The number of hydrogen-bond donors (Lipinski definition) is 1. The fraction of sp³-hybridized carbons (Fsp3) is 0.267. The van der Waals surface area contributed by atoms with E-state index < -0.39 is 5.97 Å². The molecule has 0 atom stereocenters. The lowest BCUT2D eigenvalue weighted by atomic mass is 10.2. The number of carboxylic acids is 1. The van der Waals surface area contributed by atoms with Crippen molar-refractivity contribution in [2.75, 3.05) is 5.75 Å². The molecule has 1 aromatic carbocycles. The summed E-state index contributed by atoms with van der Waals surface area (Å²) >= 11 is 2.51. The minimum atomic E-state index is -0.888. The van der Waals surface area contributed by atoms with Crippen LogP contribution in [0.2, 0.25) is 0 Å². The lowest BCUT2D eigenvalue weighted by Gasteiger charge is -2.09. The van der Waals surface area contributed by atoms with Crippen molar-refractivity contribution in [3.63, 3.8) is 0 Å². The second-order valence-electron chi connectivity index (χ2n) is 4.58. The quantitative estimate of drug-likeness (QED) is 0.492. The van der Waals surface area contributed by atoms with Crippen molar-refractivity contribution < 1.29 is 14.3 Å². The third-order valence-corrected chi connectivity index (χ3v) is 4.93. The van der Waals surface area contributed by atoms with Crippen molar-refractivity contribution in [2.45, 2.75) is 29.8 Å². The molecule has 22 heavy (non-hydrogen) atoms. The lowest BCUT2D eigenvalue weighted by molar-refractivity contribution is -0.133. The molecule has 2 rings (SSSR count). The molecule has 0 amide bonds. The Hall–Kier alpha value is -1.60. The van der Waals surface area contributed by atoms with E-state index in [-0.39, 0.29) is 11.6 Å². The standard InChI is InChI=1S/C15H15FN2O2S2/c1-9-10(2)17-15(18-14(9)21-8-13(19)20)22-7-11-5-3-4-6-12(11)16/h3-6H,7-8H2,1-2H3,(H,19,20). The molecule has 7 heteroatoms. The van der Waals surface area contributed by atoms with Crippen molar-refractivity contribution in [3.8, 4) is 0 Å². The van der Waals surface area contributed by atoms with E-state index >= 15 is 0 Å². The summed E-state index contributed by atoms with van der Waals surface area (Å²) in [6.07, 6.45) is 0. The molecular formula is C15H15FN2O2S2. The van der Waals surface area contributed by atoms with Crippen LogP contribution < -0.4 is 0 Å². The number of thioether (sulfide) groups is 2. The Morgan fingerprint density at radius 1 is 1.23 bits per heavy atom. The Morgan fingerprint density at radius 3 is 2.64 bits per heavy atom. The topological polar surface area (TPSA) is 63.1 Å². The first-order valence-corrected chi connectivity index (χ1v) is 8.50. The van der Waals surface area contributed by atoms with E-state index in [1.807, 2.05) is 13.8 Å².